The number of carbonyl (C=O) groups excluding carboxylic acids is 3. The van der Waals surface area contributed by atoms with Gasteiger partial charge in [-0.05, 0) is 38.7 Å². The highest BCUT2D eigenvalue weighted by molar-refractivity contribution is 5.99. The second-order valence-corrected chi connectivity index (χ2v) is 9.25. The van der Waals surface area contributed by atoms with Crippen molar-refractivity contribution in [3.05, 3.63) is 52.8 Å². The molecule has 1 atom stereocenters. The van der Waals surface area contributed by atoms with Gasteiger partial charge in [0.05, 0.1) is 0 Å². The Hall–Kier alpha value is -3.16. The topological polar surface area (TPSA) is 96.3 Å². The highest BCUT2D eigenvalue weighted by atomic mass is 16.2. The van der Waals surface area contributed by atoms with E-state index in [9.17, 15) is 14.4 Å². The van der Waals surface area contributed by atoms with Gasteiger partial charge in [-0.2, -0.15) is 5.10 Å². The second kappa shape index (κ2) is 10.2. The van der Waals surface area contributed by atoms with Gasteiger partial charge in [0.1, 0.15) is 11.7 Å². The van der Waals surface area contributed by atoms with Crippen molar-refractivity contribution >= 4 is 17.7 Å². The Labute approximate surface area is 194 Å². The van der Waals surface area contributed by atoms with Crippen LogP contribution in [-0.4, -0.2) is 51.0 Å². The van der Waals surface area contributed by atoms with Crippen LogP contribution in [0.4, 0.5) is 0 Å². The Bertz CT molecular complexity index is 1020. The molecule has 2 heterocycles. The number of aryl methyl sites for hydroxylation is 2. The summed E-state index contributed by atoms with van der Waals surface area (Å²) in [6.45, 7) is 5.42. The number of rotatable bonds is 6. The van der Waals surface area contributed by atoms with Gasteiger partial charge in [-0.1, -0.05) is 49.1 Å². The van der Waals surface area contributed by atoms with Crippen LogP contribution in [0.15, 0.2) is 30.3 Å². The molecule has 4 rings (SSSR count). The van der Waals surface area contributed by atoms with Crippen LogP contribution >= 0.6 is 0 Å². The molecule has 0 spiro atoms. The van der Waals surface area contributed by atoms with Crippen molar-refractivity contribution in [2.45, 2.75) is 77.5 Å². The Morgan fingerprint density at radius 1 is 1.12 bits per heavy atom. The minimum atomic E-state index is -0.672. The SMILES string of the molecule is Cc1cccc(CN2CCCn3nc(C(=O)N[C@H](C)C(=O)NC4CCCCC4)cc3C2=O)c1. The van der Waals surface area contributed by atoms with Gasteiger partial charge >= 0.3 is 0 Å². The van der Waals surface area contributed by atoms with Crippen LogP contribution in [0.25, 0.3) is 0 Å². The highest BCUT2D eigenvalue weighted by Crippen LogP contribution is 2.18. The number of amides is 3. The van der Waals surface area contributed by atoms with Crippen molar-refractivity contribution in [2.75, 3.05) is 6.54 Å². The number of aromatic nitrogens is 2. The first-order chi connectivity index (χ1) is 15.9. The van der Waals surface area contributed by atoms with Crippen LogP contribution in [0.1, 0.15) is 77.6 Å². The summed E-state index contributed by atoms with van der Waals surface area (Å²) in [5, 5.41) is 10.1. The van der Waals surface area contributed by atoms with Gasteiger partial charge in [-0.3, -0.25) is 19.1 Å². The standard InChI is InChI=1S/C25H33N5O3/c1-17-8-6-9-19(14-17)16-29-12-7-13-30-22(25(29)33)15-21(28-30)24(32)26-18(2)23(31)27-20-10-4-3-5-11-20/h6,8-9,14-15,18,20H,3-5,7,10-13,16H2,1-2H3,(H,26,32)(H,27,31)/t18-/m1/s1. The van der Waals surface area contributed by atoms with Crippen LogP contribution in [-0.2, 0) is 17.9 Å². The van der Waals surface area contributed by atoms with Gasteiger partial charge in [0.15, 0.2) is 5.69 Å². The van der Waals surface area contributed by atoms with Gasteiger partial charge in [0.25, 0.3) is 11.8 Å². The predicted molar refractivity (Wildman–Crippen MR) is 125 cm³/mol. The van der Waals surface area contributed by atoms with E-state index >= 15 is 0 Å². The molecule has 1 aliphatic heterocycles. The number of nitrogens with one attached hydrogen (secondary N) is 2. The summed E-state index contributed by atoms with van der Waals surface area (Å²) in [6, 6.07) is 9.17. The van der Waals surface area contributed by atoms with E-state index in [4.69, 9.17) is 0 Å². The van der Waals surface area contributed by atoms with Gasteiger partial charge in [-0.25, -0.2) is 0 Å². The summed E-state index contributed by atoms with van der Waals surface area (Å²) in [4.78, 5) is 40.3. The van der Waals surface area contributed by atoms with E-state index in [1.54, 1.807) is 16.5 Å². The maximum absolute atomic E-state index is 13.2. The molecule has 0 saturated heterocycles. The van der Waals surface area contributed by atoms with E-state index in [0.29, 0.717) is 25.3 Å². The zero-order chi connectivity index (χ0) is 23.4. The lowest BCUT2D eigenvalue weighted by Gasteiger charge is -2.24. The number of hydrogen-bond acceptors (Lipinski definition) is 4. The molecule has 2 aliphatic rings. The summed E-state index contributed by atoms with van der Waals surface area (Å²) >= 11 is 0. The van der Waals surface area contributed by atoms with Crippen molar-refractivity contribution in [1.29, 1.82) is 0 Å². The molecule has 33 heavy (non-hydrogen) atoms. The third kappa shape index (κ3) is 5.61. The van der Waals surface area contributed by atoms with Crippen LogP contribution < -0.4 is 10.6 Å². The lowest BCUT2D eigenvalue weighted by atomic mass is 9.95. The summed E-state index contributed by atoms with van der Waals surface area (Å²) in [5.74, 6) is -0.764. The molecule has 1 aliphatic carbocycles. The summed E-state index contributed by atoms with van der Waals surface area (Å²) in [5.41, 5.74) is 2.80. The molecule has 0 radical (unpaired) electrons. The Kier molecular flexibility index (Phi) is 7.11. The Balaban J connectivity index is 1.40. The zero-order valence-electron chi connectivity index (χ0n) is 19.5. The first-order valence-corrected chi connectivity index (χ1v) is 11.9. The van der Waals surface area contributed by atoms with Crippen LogP contribution in [0, 0.1) is 6.92 Å². The van der Waals surface area contributed by atoms with Gasteiger partial charge in [0.2, 0.25) is 5.91 Å². The average Bonchev–Trinajstić information content (AvgIpc) is 3.17. The number of benzene rings is 1. The molecular formula is C25H33N5O3. The first kappa shape index (κ1) is 23.0. The van der Waals surface area contributed by atoms with Gasteiger partial charge in [0, 0.05) is 31.7 Å². The third-order valence-electron chi connectivity index (χ3n) is 6.47. The van der Waals surface area contributed by atoms with Crippen LogP contribution in [0.5, 0.6) is 0 Å². The fraction of sp³-hybridized carbons (Fsp3) is 0.520. The molecule has 1 saturated carbocycles. The van der Waals surface area contributed by atoms with Gasteiger partial charge in [-0.15, -0.1) is 0 Å². The largest absolute Gasteiger partial charge is 0.352 e. The van der Waals surface area contributed by atoms with E-state index in [0.717, 1.165) is 43.2 Å². The lowest BCUT2D eigenvalue weighted by Crippen LogP contribution is -2.48. The molecule has 8 heteroatoms. The molecule has 1 fully saturated rings. The molecule has 2 N–H and O–H groups in total. The molecule has 0 bridgehead atoms. The van der Waals surface area contributed by atoms with Crippen molar-refractivity contribution < 1.29 is 14.4 Å². The fourth-order valence-corrected chi connectivity index (χ4v) is 4.64. The normalized spacial score (nSPS) is 17.8. The van der Waals surface area contributed by atoms with Crippen molar-refractivity contribution in [2.24, 2.45) is 0 Å². The lowest BCUT2D eigenvalue weighted by molar-refractivity contribution is -0.123. The van der Waals surface area contributed by atoms with Crippen molar-refractivity contribution in [3.63, 3.8) is 0 Å². The number of hydrogen-bond donors (Lipinski definition) is 2. The monoisotopic (exact) mass is 451 g/mol. The van der Waals surface area contributed by atoms with E-state index in [1.165, 1.54) is 12.5 Å². The molecule has 1 aromatic heterocycles. The molecule has 3 amide bonds. The molecule has 1 aromatic carbocycles. The average molecular weight is 452 g/mol. The molecule has 176 valence electrons. The van der Waals surface area contributed by atoms with Gasteiger partial charge < -0.3 is 15.5 Å². The molecule has 2 aromatic rings. The van der Waals surface area contributed by atoms with Crippen LogP contribution in [0.3, 0.4) is 0 Å². The van der Waals surface area contributed by atoms with Crippen molar-refractivity contribution in [1.82, 2.24) is 25.3 Å². The number of fused-ring (bicyclic) bond motifs is 1. The summed E-state index contributed by atoms with van der Waals surface area (Å²) < 4.78 is 1.61. The maximum atomic E-state index is 13.2. The second-order valence-electron chi connectivity index (χ2n) is 9.25. The van der Waals surface area contributed by atoms with E-state index < -0.39 is 11.9 Å². The van der Waals surface area contributed by atoms with E-state index in [2.05, 4.69) is 21.8 Å². The fourth-order valence-electron chi connectivity index (χ4n) is 4.64. The highest BCUT2D eigenvalue weighted by Gasteiger charge is 2.28. The summed E-state index contributed by atoms with van der Waals surface area (Å²) in [6.07, 6.45) is 6.20. The van der Waals surface area contributed by atoms with Crippen LogP contribution in [0.2, 0.25) is 0 Å². The minimum Gasteiger partial charge on any atom is -0.352 e. The van der Waals surface area contributed by atoms with E-state index in [-0.39, 0.29) is 23.6 Å². The summed E-state index contributed by atoms with van der Waals surface area (Å²) in [7, 11) is 0. The van der Waals surface area contributed by atoms with Crippen molar-refractivity contribution in [3.8, 4) is 0 Å². The third-order valence-corrected chi connectivity index (χ3v) is 6.47. The quantitative estimate of drug-likeness (QED) is 0.706. The zero-order valence-corrected chi connectivity index (χ0v) is 19.5. The maximum Gasteiger partial charge on any atom is 0.272 e. The Morgan fingerprint density at radius 2 is 1.91 bits per heavy atom. The number of nitrogens with zero attached hydrogens (tertiary/aromatic N) is 3. The minimum absolute atomic E-state index is 0.136. The molecule has 0 unspecified atom stereocenters. The first-order valence-electron chi connectivity index (χ1n) is 11.9. The number of carbonyl (C=O) groups is 3. The molecule has 8 nitrogen and oxygen atoms in total. The smallest absolute Gasteiger partial charge is 0.272 e. The Morgan fingerprint density at radius 3 is 2.67 bits per heavy atom. The molecular weight excluding hydrogens is 418 g/mol. The predicted octanol–water partition coefficient (Wildman–Crippen LogP) is 2.80. The van der Waals surface area contributed by atoms with E-state index in [1.807, 2.05) is 25.1 Å².